The molecule has 3 aromatic rings. The average molecular weight is 361 g/mol. The predicted molar refractivity (Wildman–Crippen MR) is 97.8 cm³/mol. The van der Waals surface area contributed by atoms with Crippen LogP contribution in [0.4, 0.5) is 8.78 Å². The Morgan fingerprint density at radius 3 is 2.60 bits per heavy atom. The maximum Gasteiger partial charge on any atom is 0.134 e. The van der Waals surface area contributed by atoms with E-state index >= 15 is 0 Å². The molecule has 1 N–H and O–H groups in total. The smallest absolute Gasteiger partial charge is 0.134 e. The molecule has 0 unspecified atom stereocenters. The molecular weight excluding hydrogens is 342 g/mol. The van der Waals surface area contributed by atoms with Gasteiger partial charge in [-0.25, -0.2) is 13.8 Å². The van der Waals surface area contributed by atoms with Crippen molar-refractivity contribution in [3.05, 3.63) is 75.4 Å². The third-order valence-electron chi connectivity index (χ3n) is 4.57. The Bertz CT molecular complexity index is 941. The molecule has 3 rings (SSSR count). The fourth-order valence-corrected chi connectivity index (χ4v) is 3.06. The van der Waals surface area contributed by atoms with Crippen molar-refractivity contribution in [3.63, 3.8) is 0 Å². The number of fused-ring (bicyclic) bond motifs is 1. The molecule has 0 radical (unpaired) electrons. The highest BCUT2D eigenvalue weighted by Gasteiger charge is 2.13. The van der Waals surface area contributed by atoms with Crippen LogP contribution in [-0.2, 0) is 6.54 Å². The van der Waals surface area contributed by atoms with Gasteiger partial charge in [-0.15, -0.1) is 0 Å². The van der Waals surface area contributed by atoms with Crippen LogP contribution in [0.3, 0.4) is 0 Å². The van der Waals surface area contributed by atoms with Crippen molar-refractivity contribution in [2.24, 2.45) is 0 Å². The molecule has 5 heteroatoms. The average Bonchev–Trinajstić information content (AvgIpc) is 2.57. The molecule has 0 aliphatic rings. The van der Waals surface area contributed by atoms with Gasteiger partial charge < -0.3 is 5.32 Å². The summed E-state index contributed by atoms with van der Waals surface area (Å²) >= 11 is 6.33. The number of hydrogen-bond donors (Lipinski definition) is 1. The minimum atomic E-state index is -0.583. The third kappa shape index (κ3) is 3.65. The quantitative estimate of drug-likeness (QED) is 0.609. The topological polar surface area (TPSA) is 24.9 Å². The largest absolute Gasteiger partial charge is 0.306 e. The maximum atomic E-state index is 13.9. The maximum absolute atomic E-state index is 13.9. The van der Waals surface area contributed by atoms with E-state index in [-0.39, 0.29) is 6.04 Å². The van der Waals surface area contributed by atoms with Gasteiger partial charge in [0.05, 0.1) is 5.52 Å². The van der Waals surface area contributed by atoms with Gasteiger partial charge in [-0.3, -0.25) is 0 Å². The number of rotatable bonds is 4. The van der Waals surface area contributed by atoms with Gasteiger partial charge in [0.2, 0.25) is 0 Å². The molecule has 130 valence electrons. The Labute approximate surface area is 150 Å². The van der Waals surface area contributed by atoms with Gasteiger partial charge >= 0.3 is 0 Å². The number of nitrogens with zero attached hydrogens (tertiary/aromatic N) is 1. The zero-order chi connectivity index (χ0) is 18.1. The van der Waals surface area contributed by atoms with Crippen LogP contribution < -0.4 is 5.32 Å². The van der Waals surface area contributed by atoms with Gasteiger partial charge in [0.15, 0.2) is 0 Å². The fraction of sp³-hybridized carbons (Fsp3) is 0.250. The molecular formula is C20H19ClF2N2. The van der Waals surface area contributed by atoms with Crippen LogP contribution in [0.1, 0.15) is 35.2 Å². The zero-order valence-corrected chi connectivity index (χ0v) is 15.1. The van der Waals surface area contributed by atoms with E-state index in [0.29, 0.717) is 17.3 Å². The number of hydrogen-bond acceptors (Lipinski definition) is 2. The molecule has 0 saturated heterocycles. The summed E-state index contributed by atoms with van der Waals surface area (Å²) < 4.78 is 26.9. The minimum Gasteiger partial charge on any atom is -0.306 e. The molecule has 0 saturated carbocycles. The molecule has 0 fully saturated rings. The van der Waals surface area contributed by atoms with Crippen molar-refractivity contribution < 1.29 is 8.78 Å². The molecule has 1 heterocycles. The first-order chi connectivity index (χ1) is 11.9. The van der Waals surface area contributed by atoms with E-state index in [1.807, 2.05) is 32.9 Å². The van der Waals surface area contributed by atoms with Crippen molar-refractivity contribution in [1.29, 1.82) is 0 Å². The summed E-state index contributed by atoms with van der Waals surface area (Å²) in [5.74, 6) is -1.14. The lowest BCUT2D eigenvalue weighted by Crippen LogP contribution is -2.19. The molecule has 0 bridgehead atoms. The first kappa shape index (κ1) is 17.8. The second-order valence-corrected chi connectivity index (χ2v) is 6.64. The third-order valence-corrected chi connectivity index (χ3v) is 4.89. The van der Waals surface area contributed by atoms with Crippen LogP contribution >= 0.6 is 11.6 Å². The minimum absolute atomic E-state index is 0.285. The van der Waals surface area contributed by atoms with Gasteiger partial charge in [0.25, 0.3) is 0 Å². The van der Waals surface area contributed by atoms with E-state index in [1.165, 1.54) is 17.7 Å². The highest BCUT2D eigenvalue weighted by atomic mass is 35.5. The lowest BCUT2D eigenvalue weighted by atomic mass is 10.0. The molecule has 1 atom stereocenters. The van der Waals surface area contributed by atoms with Crippen molar-refractivity contribution >= 4 is 22.5 Å². The molecule has 0 spiro atoms. The Morgan fingerprint density at radius 1 is 1.12 bits per heavy atom. The van der Waals surface area contributed by atoms with E-state index in [4.69, 9.17) is 11.6 Å². The molecule has 25 heavy (non-hydrogen) atoms. The Kier molecular flexibility index (Phi) is 5.02. The van der Waals surface area contributed by atoms with Crippen molar-refractivity contribution in [2.75, 3.05) is 0 Å². The second-order valence-electron chi connectivity index (χ2n) is 6.29. The summed E-state index contributed by atoms with van der Waals surface area (Å²) in [6, 6.07) is 9.39. The molecule has 0 aliphatic heterocycles. The Morgan fingerprint density at radius 2 is 1.88 bits per heavy atom. The second kappa shape index (κ2) is 7.06. The summed E-state index contributed by atoms with van der Waals surface area (Å²) in [7, 11) is 0. The number of pyridine rings is 1. The number of halogens is 3. The number of benzene rings is 2. The normalized spacial score (nSPS) is 12.6. The van der Waals surface area contributed by atoms with E-state index in [1.54, 1.807) is 0 Å². The van der Waals surface area contributed by atoms with Crippen molar-refractivity contribution in [3.8, 4) is 0 Å². The number of aromatic nitrogens is 1. The lowest BCUT2D eigenvalue weighted by Gasteiger charge is -2.16. The van der Waals surface area contributed by atoms with Crippen LogP contribution in [0.5, 0.6) is 0 Å². The Hall–Kier alpha value is -2.04. The fourth-order valence-electron chi connectivity index (χ4n) is 2.85. The van der Waals surface area contributed by atoms with Gasteiger partial charge in [-0.05, 0) is 44.0 Å². The van der Waals surface area contributed by atoms with Crippen LogP contribution in [0, 0.1) is 25.5 Å². The van der Waals surface area contributed by atoms with E-state index in [2.05, 4.69) is 16.4 Å². The van der Waals surface area contributed by atoms with Crippen LogP contribution in [0.2, 0.25) is 5.15 Å². The lowest BCUT2D eigenvalue weighted by molar-refractivity contribution is 0.517. The van der Waals surface area contributed by atoms with Gasteiger partial charge in [0, 0.05) is 35.2 Å². The first-order valence-electron chi connectivity index (χ1n) is 8.10. The number of aryl methyl sites for hydroxylation is 2. The SMILES string of the molecule is Cc1ccc2cc(CN[C@H](C)c3ccc(F)cc3F)c(Cl)nc2c1C. The molecule has 2 nitrogen and oxygen atoms in total. The van der Waals surface area contributed by atoms with E-state index in [9.17, 15) is 8.78 Å². The summed E-state index contributed by atoms with van der Waals surface area (Å²) in [4.78, 5) is 4.52. The number of nitrogens with one attached hydrogen (secondary N) is 1. The van der Waals surface area contributed by atoms with Gasteiger partial charge in [-0.2, -0.15) is 0 Å². The summed E-state index contributed by atoms with van der Waals surface area (Å²) in [6.45, 7) is 6.33. The molecule has 1 aromatic heterocycles. The van der Waals surface area contributed by atoms with Crippen molar-refractivity contribution in [2.45, 2.75) is 33.4 Å². The van der Waals surface area contributed by atoms with Crippen LogP contribution in [-0.4, -0.2) is 4.98 Å². The van der Waals surface area contributed by atoms with Crippen LogP contribution in [0.25, 0.3) is 10.9 Å². The Balaban J connectivity index is 1.83. The van der Waals surface area contributed by atoms with E-state index < -0.39 is 11.6 Å². The standard InChI is InChI=1S/C20H19ClF2N2/c1-11-4-5-14-8-15(20(21)25-19(14)12(11)2)10-24-13(3)17-7-6-16(22)9-18(17)23/h4-9,13,24H,10H2,1-3H3/t13-/m1/s1. The van der Waals surface area contributed by atoms with Crippen molar-refractivity contribution in [1.82, 2.24) is 10.3 Å². The summed E-state index contributed by atoms with van der Waals surface area (Å²) in [5.41, 5.74) is 4.43. The van der Waals surface area contributed by atoms with E-state index in [0.717, 1.165) is 28.1 Å². The summed E-state index contributed by atoms with van der Waals surface area (Å²) in [6.07, 6.45) is 0. The predicted octanol–water partition coefficient (Wildman–Crippen LogP) is 5.63. The monoisotopic (exact) mass is 360 g/mol. The zero-order valence-electron chi connectivity index (χ0n) is 14.3. The van der Waals surface area contributed by atoms with Gasteiger partial charge in [-0.1, -0.05) is 29.8 Å². The first-order valence-corrected chi connectivity index (χ1v) is 8.48. The molecule has 0 aliphatic carbocycles. The highest BCUT2D eigenvalue weighted by molar-refractivity contribution is 6.30. The van der Waals surface area contributed by atoms with Gasteiger partial charge in [0.1, 0.15) is 16.8 Å². The molecule has 0 amide bonds. The summed E-state index contributed by atoms with van der Waals surface area (Å²) in [5, 5.41) is 4.67. The molecule has 2 aromatic carbocycles. The van der Waals surface area contributed by atoms with Crippen LogP contribution in [0.15, 0.2) is 36.4 Å². The highest BCUT2D eigenvalue weighted by Crippen LogP contribution is 2.26.